The summed E-state index contributed by atoms with van der Waals surface area (Å²) in [5.74, 6) is 1.77. The standard InChI is InChI=1S/C17H30N2/c1-6-8-9-14(7-2)12-18-16-11-10-15(13-19-16)17(3,4)5/h10-11,13-14H,6-9,12H2,1-5H3,(H,18,19). The second-order valence-corrected chi connectivity index (χ2v) is 6.48. The van der Waals surface area contributed by atoms with Crippen molar-refractivity contribution in [3.63, 3.8) is 0 Å². The van der Waals surface area contributed by atoms with Gasteiger partial charge in [-0.2, -0.15) is 0 Å². The van der Waals surface area contributed by atoms with Crippen molar-refractivity contribution in [2.45, 2.75) is 65.7 Å². The van der Waals surface area contributed by atoms with Crippen molar-refractivity contribution in [3.05, 3.63) is 23.9 Å². The van der Waals surface area contributed by atoms with Crippen LogP contribution in [0, 0.1) is 5.92 Å². The minimum Gasteiger partial charge on any atom is -0.370 e. The second-order valence-electron chi connectivity index (χ2n) is 6.48. The van der Waals surface area contributed by atoms with Gasteiger partial charge in [0.15, 0.2) is 0 Å². The summed E-state index contributed by atoms with van der Waals surface area (Å²) in [5, 5.41) is 3.47. The zero-order valence-corrected chi connectivity index (χ0v) is 13.3. The number of rotatable bonds is 7. The molecule has 0 saturated carbocycles. The average Bonchev–Trinajstić information content (AvgIpc) is 2.38. The molecule has 19 heavy (non-hydrogen) atoms. The van der Waals surface area contributed by atoms with E-state index in [4.69, 9.17) is 0 Å². The van der Waals surface area contributed by atoms with E-state index >= 15 is 0 Å². The van der Waals surface area contributed by atoms with Crippen LogP contribution in [0.25, 0.3) is 0 Å². The van der Waals surface area contributed by atoms with Gasteiger partial charge >= 0.3 is 0 Å². The van der Waals surface area contributed by atoms with Gasteiger partial charge < -0.3 is 5.32 Å². The van der Waals surface area contributed by atoms with E-state index in [1.54, 1.807) is 0 Å². The lowest BCUT2D eigenvalue weighted by Crippen LogP contribution is -2.15. The molecule has 1 heterocycles. The first-order valence-electron chi connectivity index (χ1n) is 7.67. The van der Waals surface area contributed by atoms with E-state index in [1.165, 1.54) is 31.2 Å². The largest absolute Gasteiger partial charge is 0.370 e. The van der Waals surface area contributed by atoms with Crippen LogP contribution in [0.15, 0.2) is 18.3 Å². The molecule has 0 aliphatic rings. The number of hydrogen-bond donors (Lipinski definition) is 1. The van der Waals surface area contributed by atoms with Crippen molar-refractivity contribution in [1.29, 1.82) is 0 Å². The maximum atomic E-state index is 4.52. The summed E-state index contributed by atoms with van der Waals surface area (Å²) in [5.41, 5.74) is 1.47. The third kappa shape index (κ3) is 5.63. The van der Waals surface area contributed by atoms with Gasteiger partial charge in [0, 0.05) is 12.7 Å². The summed E-state index contributed by atoms with van der Waals surface area (Å²) in [4.78, 5) is 4.52. The molecule has 1 rings (SSSR count). The summed E-state index contributed by atoms with van der Waals surface area (Å²) in [6.07, 6.45) is 7.17. The normalized spacial score (nSPS) is 13.3. The second kappa shape index (κ2) is 7.52. The Hall–Kier alpha value is -1.05. The maximum absolute atomic E-state index is 4.52. The van der Waals surface area contributed by atoms with Crippen LogP contribution in [0.4, 0.5) is 5.82 Å². The summed E-state index contributed by atoms with van der Waals surface area (Å²) in [6.45, 7) is 12.2. The molecule has 2 nitrogen and oxygen atoms in total. The Kier molecular flexibility index (Phi) is 6.33. The monoisotopic (exact) mass is 262 g/mol. The minimum atomic E-state index is 0.179. The van der Waals surface area contributed by atoms with Gasteiger partial charge in [-0.05, 0) is 29.4 Å². The Balaban J connectivity index is 2.49. The molecular formula is C17H30N2. The van der Waals surface area contributed by atoms with Crippen molar-refractivity contribution in [2.75, 3.05) is 11.9 Å². The Morgan fingerprint density at radius 1 is 1.21 bits per heavy atom. The van der Waals surface area contributed by atoms with Crippen molar-refractivity contribution in [3.8, 4) is 0 Å². The molecule has 0 amide bonds. The first-order chi connectivity index (χ1) is 8.97. The van der Waals surface area contributed by atoms with Crippen molar-refractivity contribution in [1.82, 2.24) is 4.98 Å². The van der Waals surface area contributed by atoms with Crippen LogP contribution < -0.4 is 5.32 Å². The number of nitrogens with zero attached hydrogens (tertiary/aromatic N) is 1. The van der Waals surface area contributed by atoms with E-state index in [0.717, 1.165) is 18.3 Å². The predicted molar refractivity (Wildman–Crippen MR) is 84.7 cm³/mol. The molecule has 1 unspecified atom stereocenters. The number of nitrogens with one attached hydrogen (secondary N) is 1. The lowest BCUT2D eigenvalue weighted by atomic mass is 9.88. The molecule has 0 aliphatic carbocycles. The lowest BCUT2D eigenvalue weighted by molar-refractivity contribution is 0.472. The lowest BCUT2D eigenvalue weighted by Gasteiger charge is -2.19. The van der Waals surface area contributed by atoms with Crippen molar-refractivity contribution < 1.29 is 0 Å². The molecule has 0 saturated heterocycles. The number of unbranched alkanes of at least 4 members (excludes halogenated alkanes) is 1. The zero-order valence-electron chi connectivity index (χ0n) is 13.3. The van der Waals surface area contributed by atoms with E-state index in [0.29, 0.717) is 0 Å². The van der Waals surface area contributed by atoms with Crippen LogP contribution in [-0.2, 0) is 5.41 Å². The molecule has 0 radical (unpaired) electrons. The van der Waals surface area contributed by atoms with Crippen molar-refractivity contribution in [2.24, 2.45) is 5.92 Å². The fraction of sp³-hybridized carbons (Fsp3) is 0.706. The van der Waals surface area contributed by atoms with Gasteiger partial charge in [-0.3, -0.25) is 0 Å². The predicted octanol–water partition coefficient (Wildman–Crippen LogP) is 5.01. The maximum Gasteiger partial charge on any atom is 0.125 e. The number of hydrogen-bond acceptors (Lipinski definition) is 2. The van der Waals surface area contributed by atoms with Crippen molar-refractivity contribution >= 4 is 5.82 Å². The molecule has 0 aliphatic heterocycles. The van der Waals surface area contributed by atoms with E-state index in [1.807, 2.05) is 6.20 Å². The van der Waals surface area contributed by atoms with Gasteiger partial charge in [0.1, 0.15) is 5.82 Å². The first-order valence-corrected chi connectivity index (χ1v) is 7.67. The summed E-state index contributed by atoms with van der Waals surface area (Å²) in [7, 11) is 0. The Morgan fingerprint density at radius 2 is 1.95 bits per heavy atom. The molecule has 1 aromatic heterocycles. The Labute approximate surface area is 119 Å². The van der Waals surface area contributed by atoms with Gasteiger partial charge in [-0.15, -0.1) is 0 Å². The quantitative estimate of drug-likeness (QED) is 0.747. The van der Waals surface area contributed by atoms with E-state index in [2.05, 4.69) is 57.1 Å². The van der Waals surface area contributed by atoms with Crippen LogP contribution in [-0.4, -0.2) is 11.5 Å². The molecule has 0 spiro atoms. The molecule has 2 heteroatoms. The van der Waals surface area contributed by atoms with Crippen LogP contribution in [0.2, 0.25) is 0 Å². The van der Waals surface area contributed by atoms with Gasteiger partial charge in [0.2, 0.25) is 0 Å². The zero-order chi connectivity index (χ0) is 14.3. The van der Waals surface area contributed by atoms with Gasteiger partial charge in [0.25, 0.3) is 0 Å². The SMILES string of the molecule is CCCCC(CC)CNc1ccc(C(C)(C)C)cn1. The highest BCUT2D eigenvalue weighted by atomic mass is 15.0. The number of anilines is 1. The molecule has 0 aromatic carbocycles. The Morgan fingerprint density at radius 3 is 2.42 bits per heavy atom. The highest BCUT2D eigenvalue weighted by molar-refractivity contribution is 5.37. The number of pyridine rings is 1. The van der Waals surface area contributed by atoms with Gasteiger partial charge in [-0.1, -0.05) is 59.9 Å². The molecule has 1 aromatic rings. The van der Waals surface area contributed by atoms with Crippen LogP contribution in [0.1, 0.15) is 65.9 Å². The Bertz CT molecular complexity index is 349. The molecule has 1 atom stereocenters. The average molecular weight is 262 g/mol. The minimum absolute atomic E-state index is 0.179. The first kappa shape index (κ1) is 16.0. The van der Waals surface area contributed by atoms with Gasteiger partial charge in [0.05, 0.1) is 0 Å². The number of aromatic nitrogens is 1. The molecule has 1 N–H and O–H groups in total. The summed E-state index contributed by atoms with van der Waals surface area (Å²) >= 11 is 0. The van der Waals surface area contributed by atoms with E-state index < -0.39 is 0 Å². The molecule has 0 fully saturated rings. The fourth-order valence-electron chi connectivity index (χ4n) is 2.13. The van der Waals surface area contributed by atoms with Crippen LogP contribution >= 0.6 is 0 Å². The molecule has 0 bridgehead atoms. The summed E-state index contributed by atoms with van der Waals surface area (Å²) in [6, 6.07) is 4.29. The van der Waals surface area contributed by atoms with Crippen LogP contribution in [0.5, 0.6) is 0 Å². The highest BCUT2D eigenvalue weighted by Gasteiger charge is 2.13. The van der Waals surface area contributed by atoms with Gasteiger partial charge in [-0.25, -0.2) is 4.98 Å². The molecule has 108 valence electrons. The van der Waals surface area contributed by atoms with E-state index in [9.17, 15) is 0 Å². The fourth-order valence-corrected chi connectivity index (χ4v) is 2.13. The molecular weight excluding hydrogens is 232 g/mol. The van der Waals surface area contributed by atoms with Crippen LogP contribution in [0.3, 0.4) is 0 Å². The smallest absolute Gasteiger partial charge is 0.125 e. The highest BCUT2D eigenvalue weighted by Crippen LogP contribution is 2.22. The summed E-state index contributed by atoms with van der Waals surface area (Å²) < 4.78 is 0. The van der Waals surface area contributed by atoms with E-state index in [-0.39, 0.29) is 5.41 Å². The topological polar surface area (TPSA) is 24.9 Å². The third-order valence-corrected chi connectivity index (χ3v) is 3.74. The third-order valence-electron chi connectivity index (χ3n) is 3.74.